The lowest BCUT2D eigenvalue weighted by Crippen LogP contribution is -2.18. The summed E-state index contributed by atoms with van der Waals surface area (Å²) in [6.07, 6.45) is 4.01. The van der Waals surface area contributed by atoms with Gasteiger partial charge in [0.1, 0.15) is 18.0 Å². The molecule has 1 aromatic carbocycles. The Balaban J connectivity index is 1.29. The fraction of sp³-hybridized carbons (Fsp3) is 0.185. The van der Waals surface area contributed by atoms with Crippen molar-refractivity contribution in [1.29, 1.82) is 0 Å². The van der Waals surface area contributed by atoms with Crippen LogP contribution >= 0.6 is 0 Å². The number of pyridine rings is 2. The van der Waals surface area contributed by atoms with E-state index in [9.17, 15) is 9.59 Å². The number of anilines is 2. The predicted octanol–water partition coefficient (Wildman–Crippen LogP) is 3.80. The van der Waals surface area contributed by atoms with Crippen molar-refractivity contribution in [3.05, 3.63) is 106 Å². The van der Waals surface area contributed by atoms with Gasteiger partial charge in [-0.3, -0.25) is 14.8 Å². The lowest BCUT2D eigenvalue weighted by molar-refractivity contribution is 0.209. The molecule has 0 aliphatic carbocycles. The van der Waals surface area contributed by atoms with Crippen molar-refractivity contribution in [2.75, 3.05) is 10.6 Å². The highest BCUT2D eigenvalue weighted by molar-refractivity contribution is 5.85. The van der Waals surface area contributed by atoms with E-state index in [2.05, 4.69) is 30.7 Å². The highest BCUT2D eigenvalue weighted by Gasteiger charge is 2.12. The summed E-state index contributed by atoms with van der Waals surface area (Å²) in [5.74, 6) is 0.945. The second-order valence-corrected chi connectivity index (χ2v) is 8.94. The number of nitrogens with zero attached hydrogens (tertiary/aromatic N) is 6. The standard InChI is InChI=1S/C27H26N8O3/c1-17-11-23(32-27(37)38)31-18(2)21(17)12-28-25-22-15-35(33-26(22)30-16-29-25)14-20-8-6-19(7-9-20)13-34-10-4-3-5-24(34)36/h3-11,15-16H,12-14H2,1-2H3,(H,31,32)(H,37,38)(H,28,29,30,33). The normalized spacial score (nSPS) is 11.0. The Morgan fingerprint density at radius 3 is 2.50 bits per heavy atom. The Morgan fingerprint density at radius 1 is 1.03 bits per heavy atom. The maximum atomic E-state index is 12.0. The first-order valence-corrected chi connectivity index (χ1v) is 12.0. The van der Waals surface area contributed by atoms with Crippen LogP contribution in [0.4, 0.5) is 16.4 Å². The summed E-state index contributed by atoms with van der Waals surface area (Å²) in [6, 6.07) is 14.9. The summed E-state index contributed by atoms with van der Waals surface area (Å²) in [4.78, 5) is 35.9. The number of amides is 1. The summed E-state index contributed by atoms with van der Waals surface area (Å²) < 4.78 is 3.49. The summed E-state index contributed by atoms with van der Waals surface area (Å²) in [7, 11) is 0. The number of carbonyl (C=O) groups is 1. The zero-order chi connectivity index (χ0) is 26.6. The molecule has 4 aromatic heterocycles. The Morgan fingerprint density at radius 2 is 1.79 bits per heavy atom. The van der Waals surface area contributed by atoms with Crippen LogP contribution in [0.2, 0.25) is 0 Å². The molecule has 3 N–H and O–H groups in total. The van der Waals surface area contributed by atoms with Crippen LogP contribution in [0.1, 0.15) is 27.9 Å². The topological polar surface area (TPSA) is 140 Å². The molecule has 11 nitrogen and oxygen atoms in total. The molecular formula is C27H26N8O3. The maximum absolute atomic E-state index is 12.0. The lowest BCUT2D eigenvalue weighted by atomic mass is 10.1. The van der Waals surface area contributed by atoms with E-state index in [1.807, 2.05) is 55.1 Å². The molecule has 0 bridgehead atoms. The minimum Gasteiger partial charge on any atom is -0.465 e. The van der Waals surface area contributed by atoms with Crippen LogP contribution in [0.15, 0.2) is 72.0 Å². The largest absolute Gasteiger partial charge is 0.465 e. The van der Waals surface area contributed by atoms with Gasteiger partial charge in [-0.25, -0.2) is 19.7 Å². The van der Waals surface area contributed by atoms with Gasteiger partial charge in [-0.15, -0.1) is 0 Å². The quantitative estimate of drug-likeness (QED) is 0.286. The molecule has 0 saturated carbocycles. The molecule has 0 saturated heterocycles. The Bertz CT molecular complexity index is 1650. The van der Waals surface area contributed by atoms with Gasteiger partial charge in [0, 0.05) is 30.7 Å². The van der Waals surface area contributed by atoms with Gasteiger partial charge in [-0.1, -0.05) is 30.3 Å². The molecule has 0 unspecified atom stereocenters. The third-order valence-corrected chi connectivity index (χ3v) is 6.21. The molecule has 192 valence electrons. The average Bonchev–Trinajstić information content (AvgIpc) is 3.29. The zero-order valence-corrected chi connectivity index (χ0v) is 20.9. The molecule has 5 aromatic rings. The van der Waals surface area contributed by atoms with Gasteiger partial charge >= 0.3 is 6.09 Å². The molecule has 0 spiro atoms. The van der Waals surface area contributed by atoms with Crippen molar-refractivity contribution in [1.82, 2.24) is 29.3 Å². The van der Waals surface area contributed by atoms with Crippen molar-refractivity contribution < 1.29 is 9.90 Å². The molecule has 4 heterocycles. The van der Waals surface area contributed by atoms with Gasteiger partial charge < -0.3 is 15.0 Å². The average molecular weight is 511 g/mol. The molecule has 0 radical (unpaired) electrons. The second-order valence-electron chi connectivity index (χ2n) is 8.94. The summed E-state index contributed by atoms with van der Waals surface area (Å²) in [6.45, 7) is 5.29. The monoisotopic (exact) mass is 510 g/mol. The Labute approximate surface area is 217 Å². The van der Waals surface area contributed by atoms with E-state index in [0.717, 1.165) is 33.3 Å². The molecule has 38 heavy (non-hydrogen) atoms. The van der Waals surface area contributed by atoms with Gasteiger partial charge in [0.15, 0.2) is 5.65 Å². The first kappa shape index (κ1) is 24.6. The van der Waals surface area contributed by atoms with E-state index < -0.39 is 6.09 Å². The van der Waals surface area contributed by atoms with E-state index >= 15 is 0 Å². The van der Waals surface area contributed by atoms with E-state index in [1.54, 1.807) is 29.0 Å². The number of aromatic nitrogens is 6. The number of aryl methyl sites for hydroxylation is 2. The third-order valence-electron chi connectivity index (χ3n) is 6.21. The van der Waals surface area contributed by atoms with Crippen LogP contribution in [0.5, 0.6) is 0 Å². The molecule has 0 atom stereocenters. The van der Waals surface area contributed by atoms with Gasteiger partial charge in [-0.2, -0.15) is 5.10 Å². The first-order chi connectivity index (χ1) is 18.4. The molecule has 11 heteroatoms. The summed E-state index contributed by atoms with van der Waals surface area (Å²) in [5, 5.41) is 20.0. The summed E-state index contributed by atoms with van der Waals surface area (Å²) in [5.41, 5.74) is 5.25. The van der Waals surface area contributed by atoms with Crippen molar-refractivity contribution in [2.45, 2.75) is 33.5 Å². The van der Waals surface area contributed by atoms with Crippen molar-refractivity contribution in [3.63, 3.8) is 0 Å². The van der Waals surface area contributed by atoms with Gasteiger partial charge in [0.2, 0.25) is 0 Å². The number of hydrogen-bond donors (Lipinski definition) is 3. The van der Waals surface area contributed by atoms with Gasteiger partial charge in [0.05, 0.1) is 18.5 Å². The highest BCUT2D eigenvalue weighted by atomic mass is 16.4. The highest BCUT2D eigenvalue weighted by Crippen LogP contribution is 2.22. The third kappa shape index (κ3) is 5.51. The molecule has 0 fully saturated rings. The fourth-order valence-corrected chi connectivity index (χ4v) is 4.30. The van der Waals surface area contributed by atoms with Crippen LogP contribution in [0.25, 0.3) is 11.0 Å². The molecule has 5 rings (SSSR count). The van der Waals surface area contributed by atoms with Crippen LogP contribution in [-0.2, 0) is 19.6 Å². The van der Waals surface area contributed by atoms with Crippen LogP contribution in [0, 0.1) is 13.8 Å². The number of rotatable bonds is 8. The van der Waals surface area contributed by atoms with E-state index in [-0.39, 0.29) is 5.56 Å². The molecular weight excluding hydrogens is 484 g/mol. The van der Waals surface area contributed by atoms with Gasteiger partial charge in [0.25, 0.3) is 5.56 Å². The molecule has 0 aliphatic rings. The number of hydrogen-bond acceptors (Lipinski definition) is 7. The second kappa shape index (κ2) is 10.5. The number of benzene rings is 1. The van der Waals surface area contributed by atoms with Crippen LogP contribution in [-0.4, -0.2) is 40.5 Å². The molecule has 1 amide bonds. The predicted molar refractivity (Wildman–Crippen MR) is 143 cm³/mol. The smallest absolute Gasteiger partial charge is 0.410 e. The fourth-order valence-electron chi connectivity index (χ4n) is 4.30. The summed E-state index contributed by atoms with van der Waals surface area (Å²) >= 11 is 0. The Kier molecular flexibility index (Phi) is 6.81. The SMILES string of the molecule is Cc1cc(NC(=O)O)nc(C)c1CNc1ncnc2nn(Cc3ccc(Cn4ccccc4=O)cc3)cc12. The maximum Gasteiger partial charge on any atom is 0.410 e. The minimum absolute atomic E-state index is 0.0286. The van der Waals surface area contributed by atoms with Crippen LogP contribution in [0.3, 0.4) is 0 Å². The lowest BCUT2D eigenvalue weighted by Gasteiger charge is -2.13. The number of carboxylic acid groups (broad SMARTS) is 1. The minimum atomic E-state index is -1.15. The van der Waals surface area contributed by atoms with Crippen LogP contribution < -0.4 is 16.2 Å². The van der Waals surface area contributed by atoms with E-state index in [1.165, 1.54) is 6.33 Å². The first-order valence-electron chi connectivity index (χ1n) is 12.0. The van der Waals surface area contributed by atoms with Crippen molar-refractivity contribution >= 4 is 28.8 Å². The number of fused-ring (bicyclic) bond motifs is 1. The molecule has 0 aliphatic heterocycles. The van der Waals surface area contributed by atoms with E-state index in [4.69, 9.17) is 5.11 Å². The van der Waals surface area contributed by atoms with Crippen molar-refractivity contribution in [3.8, 4) is 0 Å². The number of nitrogens with one attached hydrogen (secondary N) is 2. The van der Waals surface area contributed by atoms with Crippen molar-refractivity contribution in [2.24, 2.45) is 0 Å². The van der Waals surface area contributed by atoms with E-state index in [0.29, 0.717) is 36.9 Å². The zero-order valence-electron chi connectivity index (χ0n) is 20.9. The Hall–Kier alpha value is -5.06. The van der Waals surface area contributed by atoms with Gasteiger partial charge in [-0.05, 0) is 48.2 Å².